The molecule has 108 valence electrons. The first-order valence-electron chi connectivity index (χ1n) is 7.71. The number of benzene rings is 1. The zero-order valence-electron chi connectivity index (χ0n) is 13.2. The Morgan fingerprint density at radius 1 is 0.909 bits per heavy atom. The zero-order valence-corrected chi connectivity index (χ0v) is 13.2. The fraction of sp³-hybridized carbons (Fsp3) is 0.200. The molecule has 0 bridgehead atoms. The number of nitrogens with zero attached hydrogens (tertiary/aromatic N) is 2. The minimum atomic E-state index is 0.937. The highest BCUT2D eigenvalue weighted by Crippen LogP contribution is 2.34. The molecule has 0 aliphatic carbocycles. The molecule has 1 aliphatic heterocycles. The van der Waals surface area contributed by atoms with E-state index >= 15 is 0 Å². The van der Waals surface area contributed by atoms with Crippen molar-refractivity contribution in [1.82, 2.24) is 4.98 Å². The number of aromatic nitrogens is 2. The summed E-state index contributed by atoms with van der Waals surface area (Å²) in [5.74, 6) is 0. The molecule has 3 aromatic rings. The fourth-order valence-electron chi connectivity index (χ4n) is 3.58. The predicted octanol–water partition coefficient (Wildman–Crippen LogP) is 3.99. The van der Waals surface area contributed by atoms with Crippen molar-refractivity contribution < 1.29 is 4.57 Å². The summed E-state index contributed by atoms with van der Waals surface area (Å²) in [5.41, 5.74) is 10.0. The number of pyridine rings is 2. The largest absolute Gasteiger partial charge is 0.252 e. The SMILES string of the molecule is Cc1cccc(C)c1-c1cc2c(c(C)n1)-c1cccc[n+]1C2. The quantitative estimate of drug-likeness (QED) is 0.484. The van der Waals surface area contributed by atoms with Gasteiger partial charge in [-0.3, -0.25) is 4.98 Å². The molecule has 0 saturated carbocycles. The third-order valence-corrected chi connectivity index (χ3v) is 4.56. The van der Waals surface area contributed by atoms with Gasteiger partial charge >= 0.3 is 0 Å². The van der Waals surface area contributed by atoms with Crippen LogP contribution in [-0.2, 0) is 6.54 Å². The first-order chi connectivity index (χ1) is 10.6. The standard InChI is InChI=1S/C20H19N2/c1-13-7-6-8-14(2)19(13)17-11-16-12-22-10-5-4-9-18(22)20(16)15(3)21-17/h4-11H,12H2,1-3H3/q+1. The summed E-state index contributed by atoms with van der Waals surface area (Å²) >= 11 is 0. The molecule has 0 atom stereocenters. The Morgan fingerprint density at radius 2 is 1.68 bits per heavy atom. The molecule has 2 heteroatoms. The third kappa shape index (κ3) is 1.87. The molecule has 4 rings (SSSR count). The van der Waals surface area contributed by atoms with Gasteiger partial charge in [0, 0.05) is 23.3 Å². The predicted molar refractivity (Wildman–Crippen MR) is 88.6 cm³/mol. The second-order valence-corrected chi connectivity index (χ2v) is 6.11. The van der Waals surface area contributed by atoms with Gasteiger partial charge in [-0.25, -0.2) is 0 Å². The van der Waals surface area contributed by atoms with E-state index in [0.717, 1.165) is 17.9 Å². The number of aryl methyl sites for hydroxylation is 3. The summed E-state index contributed by atoms with van der Waals surface area (Å²) in [5, 5.41) is 0. The van der Waals surface area contributed by atoms with Crippen molar-refractivity contribution in [2.24, 2.45) is 0 Å². The van der Waals surface area contributed by atoms with Gasteiger partial charge in [-0.2, -0.15) is 4.57 Å². The van der Waals surface area contributed by atoms with Crippen LogP contribution in [0.1, 0.15) is 22.4 Å². The van der Waals surface area contributed by atoms with E-state index in [-0.39, 0.29) is 0 Å². The van der Waals surface area contributed by atoms with Gasteiger partial charge in [-0.05, 0) is 44.0 Å². The van der Waals surface area contributed by atoms with Crippen molar-refractivity contribution in [2.45, 2.75) is 27.3 Å². The molecule has 1 aliphatic rings. The van der Waals surface area contributed by atoms with Crippen molar-refractivity contribution in [3.63, 3.8) is 0 Å². The van der Waals surface area contributed by atoms with Gasteiger partial charge in [0.15, 0.2) is 12.7 Å². The van der Waals surface area contributed by atoms with Gasteiger partial charge in [0.1, 0.15) is 0 Å². The number of rotatable bonds is 1. The minimum Gasteiger partial charge on any atom is -0.252 e. The average Bonchev–Trinajstić information content (AvgIpc) is 2.85. The number of hydrogen-bond acceptors (Lipinski definition) is 1. The van der Waals surface area contributed by atoms with Crippen LogP contribution in [0.5, 0.6) is 0 Å². The van der Waals surface area contributed by atoms with Crippen LogP contribution >= 0.6 is 0 Å². The Balaban J connectivity index is 1.94. The van der Waals surface area contributed by atoms with Crippen molar-refractivity contribution in [1.29, 1.82) is 0 Å². The van der Waals surface area contributed by atoms with Gasteiger partial charge in [0.2, 0.25) is 5.69 Å². The zero-order chi connectivity index (χ0) is 15.3. The van der Waals surface area contributed by atoms with Crippen molar-refractivity contribution in [3.8, 4) is 22.5 Å². The molecule has 0 radical (unpaired) electrons. The Morgan fingerprint density at radius 3 is 2.45 bits per heavy atom. The summed E-state index contributed by atoms with van der Waals surface area (Å²) in [6.45, 7) is 7.39. The molecule has 2 aromatic heterocycles. The molecule has 1 aromatic carbocycles. The Hall–Kier alpha value is -2.48. The molecule has 0 saturated heterocycles. The van der Waals surface area contributed by atoms with Gasteiger partial charge in [-0.15, -0.1) is 0 Å². The molecule has 0 spiro atoms. The lowest BCUT2D eigenvalue weighted by atomic mass is 9.96. The lowest BCUT2D eigenvalue weighted by molar-refractivity contribution is -0.672. The average molecular weight is 287 g/mol. The van der Waals surface area contributed by atoms with E-state index in [1.54, 1.807) is 0 Å². The summed E-state index contributed by atoms with van der Waals surface area (Å²) in [4.78, 5) is 4.92. The van der Waals surface area contributed by atoms with E-state index in [2.05, 4.69) is 74.0 Å². The van der Waals surface area contributed by atoms with E-state index in [9.17, 15) is 0 Å². The van der Waals surface area contributed by atoms with Crippen LogP contribution in [0.3, 0.4) is 0 Å². The topological polar surface area (TPSA) is 16.8 Å². The Bertz CT molecular complexity index is 874. The van der Waals surface area contributed by atoms with Gasteiger partial charge in [-0.1, -0.05) is 18.2 Å². The molecular formula is C20H19N2+. The summed E-state index contributed by atoms with van der Waals surface area (Å²) < 4.78 is 2.30. The van der Waals surface area contributed by atoms with E-state index in [4.69, 9.17) is 4.98 Å². The number of fused-ring (bicyclic) bond motifs is 3. The Kier molecular flexibility index (Phi) is 2.86. The summed E-state index contributed by atoms with van der Waals surface area (Å²) in [6, 6.07) is 15.1. The van der Waals surface area contributed by atoms with Crippen LogP contribution in [0.15, 0.2) is 48.7 Å². The van der Waals surface area contributed by atoms with Crippen LogP contribution in [0.25, 0.3) is 22.5 Å². The van der Waals surface area contributed by atoms with Crippen molar-refractivity contribution in [3.05, 3.63) is 71.0 Å². The first kappa shape index (κ1) is 13.2. The van der Waals surface area contributed by atoms with E-state index in [1.807, 2.05) is 0 Å². The monoisotopic (exact) mass is 287 g/mol. The second kappa shape index (κ2) is 4.77. The highest BCUT2D eigenvalue weighted by molar-refractivity contribution is 5.74. The maximum atomic E-state index is 4.92. The molecule has 0 fully saturated rings. The fourth-order valence-corrected chi connectivity index (χ4v) is 3.58. The lowest BCUT2D eigenvalue weighted by Gasteiger charge is -2.11. The van der Waals surface area contributed by atoms with E-state index < -0.39 is 0 Å². The lowest BCUT2D eigenvalue weighted by Crippen LogP contribution is -2.31. The molecule has 0 N–H and O–H groups in total. The molecule has 0 amide bonds. The normalized spacial score (nSPS) is 12.1. The van der Waals surface area contributed by atoms with Crippen molar-refractivity contribution in [2.75, 3.05) is 0 Å². The molecule has 22 heavy (non-hydrogen) atoms. The molecule has 3 heterocycles. The van der Waals surface area contributed by atoms with Gasteiger partial charge in [0.05, 0.1) is 17.0 Å². The maximum absolute atomic E-state index is 4.92. The molecule has 0 unspecified atom stereocenters. The van der Waals surface area contributed by atoms with E-state index in [1.165, 1.54) is 33.5 Å². The minimum absolute atomic E-state index is 0.937. The van der Waals surface area contributed by atoms with Crippen LogP contribution in [0, 0.1) is 20.8 Å². The molecular weight excluding hydrogens is 268 g/mol. The number of hydrogen-bond donors (Lipinski definition) is 0. The van der Waals surface area contributed by atoms with Crippen molar-refractivity contribution >= 4 is 0 Å². The summed E-state index contributed by atoms with van der Waals surface area (Å²) in [6.07, 6.45) is 2.15. The highest BCUT2D eigenvalue weighted by atomic mass is 15.0. The smallest absolute Gasteiger partial charge is 0.215 e. The van der Waals surface area contributed by atoms with Crippen LogP contribution in [0.2, 0.25) is 0 Å². The van der Waals surface area contributed by atoms with Crippen LogP contribution in [-0.4, -0.2) is 4.98 Å². The maximum Gasteiger partial charge on any atom is 0.215 e. The molecule has 2 nitrogen and oxygen atoms in total. The van der Waals surface area contributed by atoms with Crippen LogP contribution < -0.4 is 4.57 Å². The van der Waals surface area contributed by atoms with Crippen LogP contribution in [0.4, 0.5) is 0 Å². The van der Waals surface area contributed by atoms with Gasteiger partial charge in [0.25, 0.3) is 0 Å². The highest BCUT2D eigenvalue weighted by Gasteiger charge is 2.28. The third-order valence-electron chi connectivity index (χ3n) is 4.56. The van der Waals surface area contributed by atoms with E-state index in [0.29, 0.717) is 0 Å². The first-order valence-corrected chi connectivity index (χ1v) is 7.71. The summed E-state index contributed by atoms with van der Waals surface area (Å²) in [7, 11) is 0. The second-order valence-electron chi connectivity index (χ2n) is 6.11. The van der Waals surface area contributed by atoms with Gasteiger partial charge < -0.3 is 0 Å². The Labute approximate surface area is 131 Å².